The molecule has 2 rings (SSSR count). The zero-order valence-electron chi connectivity index (χ0n) is 5.94. The lowest BCUT2D eigenvalue weighted by atomic mass is 10.4. The summed E-state index contributed by atoms with van der Waals surface area (Å²) in [5, 5.41) is 0.688. The summed E-state index contributed by atoms with van der Waals surface area (Å²) in [6.07, 6.45) is 3.51. The monoisotopic (exact) mass is 166 g/mol. The molecule has 0 N–H and O–H groups in total. The van der Waals surface area contributed by atoms with Crippen LogP contribution < -0.4 is 4.74 Å². The summed E-state index contributed by atoms with van der Waals surface area (Å²) in [5.41, 5.74) is 0.946. The minimum absolute atomic E-state index is 0.688. The minimum atomic E-state index is 0.688. The van der Waals surface area contributed by atoms with Gasteiger partial charge >= 0.3 is 0 Å². The van der Waals surface area contributed by atoms with E-state index in [-0.39, 0.29) is 0 Å². The number of rotatable bonds is 1. The van der Waals surface area contributed by atoms with E-state index in [1.807, 2.05) is 6.07 Å². The number of aromatic nitrogens is 2. The van der Waals surface area contributed by atoms with Crippen LogP contribution in [-0.2, 0) is 0 Å². The van der Waals surface area contributed by atoms with E-state index < -0.39 is 0 Å². The fourth-order valence-corrected chi connectivity index (χ4v) is 1.59. The summed E-state index contributed by atoms with van der Waals surface area (Å²) in [4.78, 5) is 8.16. The first-order valence-electron chi connectivity index (χ1n) is 3.14. The van der Waals surface area contributed by atoms with Crippen molar-refractivity contribution in [3.05, 3.63) is 18.5 Å². The van der Waals surface area contributed by atoms with Crippen molar-refractivity contribution in [1.29, 1.82) is 0 Å². The summed E-state index contributed by atoms with van der Waals surface area (Å²) >= 11 is 1.50. The Morgan fingerprint density at radius 2 is 2.45 bits per heavy atom. The molecule has 0 aliphatic rings. The maximum atomic E-state index is 4.98. The third kappa shape index (κ3) is 1.05. The van der Waals surface area contributed by atoms with Gasteiger partial charge in [-0.2, -0.15) is 0 Å². The topological polar surface area (TPSA) is 35.0 Å². The zero-order chi connectivity index (χ0) is 7.68. The molecule has 0 saturated heterocycles. The van der Waals surface area contributed by atoms with Crippen LogP contribution in [0.1, 0.15) is 0 Å². The Morgan fingerprint density at radius 1 is 1.55 bits per heavy atom. The Labute approximate surface area is 67.7 Å². The van der Waals surface area contributed by atoms with E-state index in [2.05, 4.69) is 9.97 Å². The lowest BCUT2D eigenvalue weighted by Crippen LogP contribution is -1.78. The molecule has 4 heteroatoms. The minimum Gasteiger partial charge on any atom is -0.473 e. The molecule has 0 radical (unpaired) electrons. The van der Waals surface area contributed by atoms with Crippen LogP contribution in [0.25, 0.3) is 10.2 Å². The van der Waals surface area contributed by atoms with Gasteiger partial charge in [0.15, 0.2) is 0 Å². The molecule has 0 bridgehead atoms. The first-order chi connectivity index (χ1) is 5.40. The summed E-state index contributed by atoms with van der Waals surface area (Å²) in [6, 6.07) is 1.87. The highest BCUT2D eigenvalue weighted by Gasteiger charge is 2.00. The van der Waals surface area contributed by atoms with Crippen LogP contribution in [0.3, 0.4) is 0 Å². The Hall–Kier alpha value is -1.16. The lowest BCUT2D eigenvalue weighted by molar-refractivity contribution is 0.413. The van der Waals surface area contributed by atoms with E-state index in [1.165, 1.54) is 11.3 Å². The molecule has 2 heterocycles. The molecular formula is C7H6N2OS. The Balaban J connectivity index is 2.69. The van der Waals surface area contributed by atoms with Crippen molar-refractivity contribution in [3.63, 3.8) is 0 Å². The number of methoxy groups -OCH3 is 1. The molecule has 0 spiro atoms. The van der Waals surface area contributed by atoms with E-state index in [1.54, 1.807) is 19.5 Å². The van der Waals surface area contributed by atoms with Crippen LogP contribution in [0.4, 0.5) is 0 Å². The van der Waals surface area contributed by atoms with Crippen molar-refractivity contribution in [2.75, 3.05) is 7.11 Å². The zero-order valence-corrected chi connectivity index (χ0v) is 6.76. The van der Waals surface area contributed by atoms with Gasteiger partial charge < -0.3 is 4.74 Å². The molecule has 56 valence electrons. The Bertz CT molecular complexity index is 338. The molecular weight excluding hydrogens is 160 g/mol. The molecule has 3 nitrogen and oxygen atoms in total. The maximum Gasteiger partial charge on any atom is 0.274 e. The molecule has 0 unspecified atom stereocenters. The van der Waals surface area contributed by atoms with Crippen molar-refractivity contribution in [2.45, 2.75) is 0 Å². The molecule has 0 aliphatic heterocycles. The largest absolute Gasteiger partial charge is 0.473 e. The van der Waals surface area contributed by atoms with Gasteiger partial charge in [0.05, 0.1) is 17.3 Å². The van der Waals surface area contributed by atoms with E-state index in [9.17, 15) is 0 Å². The van der Waals surface area contributed by atoms with Crippen molar-refractivity contribution in [2.24, 2.45) is 0 Å². The number of ether oxygens (including phenoxy) is 1. The molecule has 0 amide bonds. The SMILES string of the molecule is COc1nc2ccncc2s1. The van der Waals surface area contributed by atoms with Crippen molar-refractivity contribution < 1.29 is 4.74 Å². The van der Waals surface area contributed by atoms with Crippen LogP contribution in [0.5, 0.6) is 5.19 Å². The molecule has 2 aromatic heterocycles. The quantitative estimate of drug-likeness (QED) is 0.646. The average molecular weight is 166 g/mol. The van der Waals surface area contributed by atoms with Crippen LogP contribution in [0, 0.1) is 0 Å². The highest BCUT2D eigenvalue weighted by atomic mass is 32.1. The highest BCUT2D eigenvalue weighted by molar-refractivity contribution is 7.20. The molecule has 0 aliphatic carbocycles. The average Bonchev–Trinajstić information content (AvgIpc) is 2.46. The fraction of sp³-hybridized carbons (Fsp3) is 0.143. The van der Waals surface area contributed by atoms with Gasteiger partial charge in [-0.3, -0.25) is 4.98 Å². The molecule has 2 aromatic rings. The number of pyridine rings is 1. The van der Waals surface area contributed by atoms with E-state index >= 15 is 0 Å². The van der Waals surface area contributed by atoms with Crippen LogP contribution in [0.2, 0.25) is 0 Å². The second-order valence-electron chi connectivity index (χ2n) is 2.03. The summed E-state index contributed by atoms with van der Waals surface area (Å²) in [6.45, 7) is 0. The third-order valence-electron chi connectivity index (χ3n) is 1.35. The van der Waals surface area contributed by atoms with Gasteiger partial charge in [0.25, 0.3) is 5.19 Å². The number of nitrogens with zero attached hydrogens (tertiary/aromatic N) is 2. The van der Waals surface area contributed by atoms with Crippen LogP contribution in [0.15, 0.2) is 18.5 Å². The summed E-state index contributed by atoms with van der Waals surface area (Å²) in [5.74, 6) is 0. The van der Waals surface area contributed by atoms with Gasteiger partial charge in [-0.25, -0.2) is 4.98 Å². The van der Waals surface area contributed by atoms with Gasteiger partial charge in [0.2, 0.25) is 0 Å². The maximum absolute atomic E-state index is 4.98. The predicted octanol–water partition coefficient (Wildman–Crippen LogP) is 1.70. The Kier molecular flexibility index (Phi) is 1.47. The molecule has 0 fully saturated rings. The Morgan fingerprint density at radius 3 is 3.18 bits per heavy atom. The van der Waals surface area contributed by atoms with Crippen molar-refractivity contribution in [3.8, 4) is 5.19 Å². The van der Waals surface area contributed by atoms with E-state index in [4.69, 9.17) is 4.74 Å². The van der Waals surface area contributed by atoms with Gasteiger partial charge in [-0.05, 0) is 6.07 Å². The van der Waals surface area contributed by atoms with E-state index in [0.29, 0.717) is 5.19 Å². The fourth-order valence-electron chi connectivity index (χ4n) is 0.846. The summed E-state index contributed by atoms with van der Waals surface area (Å²) < 4.78 is 6.04. The predicted molar refractivity (Wildman–Crippen MR) is 44.0 cm³/mol. The second kappa shape index (κ2) is 2.47. The number of fused-ring (bicyclic) bond motifs is 1. The second-order valence-corrected chi connectivity index (χ2v) is 3.02. The first kappa shape index (κ1) is 6.54. The normalized spacial score (nSPS) is 10.3. The molecule has 0 saturated carbocycles. The van der Waals surface area contributed by atoms with Crippen molar-refractivity contribution >= 4 is 21.6 Å². The third-order valence-corrected chi connectivity index (χ3v) is 2.31. The van der Waals surface area contributed by atoms with Crippen LogP contribution in [-0.4, -0.2) is 17.1 Å². The molecule has 11 heavy (non-hydrogen) atoms. The van der Waals surface area contributed by atoms with Crippen molar-refractivity contribution in [1.82, 2.24) is 9.97 Å². The van der Waals surface area contributed by atoms with Gasteiger partial charge in [0.1, 0.15) is 0 Å². The summed E-state index contributed by atoms with van der Waals surface area (Å²) in [7, 11) is 1.62. The molecule has 0 atom stereocenters. The van der Waals surface area contributed by atoms with Gasteiger partial charge in [0, 0.05) is 12.4 Å². The highest BCUT2D eigenvalue weighted by Crippen LogP contribution is 2.25. The first-order valence-corrected chi connectivity index (χ1v) is 3.96. The number of hydrogen-bond acceptors (Lipinski definition) is 4. The lowest BCUT2D eigenvalue weighted by Gasteiger charge is -1.84. The molecule has 0 aromatic carbocycles. The van der Waals surface area contributed by atoms with Gasteiger partial charge in [-0.15, -0.1) is 0 Å². The van der Waals surface area contributed by atoms with E-state index in [0.717, 1.165) is 10.2 Å². The van der Waals surface area contributed by atoms with Gasteiger partial charge in [-0.1, -0.05) is 11.3 Å². The standard InChI is InChI=1S/C7H6N2OS/c1-10-7-9-5-2-3-8-4-6(5)11-7/h2-4H,1H3. The number of hydrogen-bond donors (Lipinski definition) is 0. The van der Waals surface area contributed by atoms with Crippen LogP contribution >= 0.6 is 11.3 Å². The smallest absolute Gasteiger partial charge is 0.274 e. The number of thiazole rings is 1.